The highest BCUT2D eigenvalue weighted by atomic mass is 32.1. The van der Waals surface area contributed by atoms with Gasteiger partial charge in [0.05, 0.1) is 11.4 Å². The molecular formula is C15H19N3S. The van der Waals surface area contributed by atoms with Crippen LogP contribution in [0.1, 0.15) is 34.9 Å². The number of aryl methyl sites for hydroxylation is 2. The third-order valence-electron chi connectivity index (χ3n) is 3.84. The lowest BCUT2D eigenvalue weighted by atomic mass is 9.90. The van der Waals surface area contributed by atoms with Crippen LogP contribution in [0.25, 0.3) is 10.7 Å². The molecule has 0 bridgehead atoms. The Hall–Kier alpha value is -1.26. The minimum Gasteiger partial charge on any atom is -0.317 e. The Morgan fingerprint density at radius 1 is 1.26 bits per heavy atom. The number of nitrogens with one attached hydrogen (secondary N) is 1. The molecule has 2 aromatic heterocycles. The first kappa shape index (κ1) is 12.8. The van der Waals surface area contributed by atoms with Gasteiger partial charge < -0.3 is 5.32 Å². The first-order valence-electron chi connectivity index (χ1n) is 6.85. The maximum atomic E-state index is 4.61. The molecule has 1 fully saturated rings. The third kappa shape index (κ3) is 2.69. The second kappa shape index (κ2) is 5.39. The quantitative estimate of drug-likeness (QED) is 0.912. The van der Waals surface area contributed by atoms with Crippen LogP contribution in [0.4, 0.5) is 0 Å². The number of nitrogens with zero attached hydrogens (tertiary/aromatic N) is 2. The average Bonchev–Trinajstić information content (AvgIpc) is 2.80. The molecule has 1 saturated heterocycles. The summed E-state index contributed by atoms with van der Waals surface area (Å²) < 4.78 is 0. The molecule has 0 spiro atoms. The molecule has 100 valence electrons. The van der Waals surface area contributed by atoms with Gasteiger partial charge in [0.1, 0.15) is 5.01 Å². The van der Waals surface area contributed by atoms with Crippen molar-refractivity contribution in [2.45, 2.75) is 32.6 Å². The summed E-state index contributed by atoms with van der Waals surface area (Å²) in [6, 6.07) is 4.39. The molecule has 3 nitrogen and oxygen atoms in total. The first-order valence-corrected chi connectivity index (χ1v) is 7.67. The number of rotatable bonds is 2. The van der Waals surface area contributed by atoms with Crippen molar-refractivity contribution >= 4 is 11.3 Å². The van der Waals surface area contributed by atoms with Gasteiger partial charge in [-0.25, -0.2) is 4.98 Å². The second-order valence-corrected chi connectivity index (χ2v) is 6.36. The van der Waals surface area contributed by atoms with Crippen molar-refractivity contribution in [1.29, 1.82) is 0 Å². The average molecular weight is 273 g/mol. The van der Waals surface area contributed by atoms with Crippen LogP contribution in [0.3, 0.4) is 0 Å². The molecule has 0 radical (unpaired) electrons. The topological polar surface area (TPSA) is 37.8 Å². The summed E-state index contributed by atoms with van der Waals surface area (Å²) in [5, 5.41) is 4.46. The predicted molar refractivity (Wildman–Crippen MR) is 79.7 cm³/mol. The molecule has 4 heteroatoms. The fraction of sp³-hybridized carbons (Fsp3) is 0.467. The van der Waals surface area contributed by atoms with Gasteiger partial charge in [-0.3, -0.25) is 4.98 Å². The molecule has 3 rings (SSSR count). The van der Waals surface area contributed by atoms with Gasteiger partial charge in [-0.15, -0.1) is 11.3 Å². The highest BCUT2D eigenvalue weighted by Crippen LogP contribution is 2.30. The molecule has 0 amide bonds. The Kier molecular flexibility index (Phi) is 3.62. The summed E-state index contributed by atoms with van der Waals surface area (Å²) in [5.41, 5.74) is 3.56. The van der Waals surface area contributed by atoms with Gasteiger partial charge >= 0.3 is 0 Å². The minimum atomic E-state index is 0.671. The molecule has 0 atom stereocenters. The highest BCUT2D eigenvalue weighted by molar-refractivity contribution is 7.15. The van der Waals surface area contributed by atoms with E-state index in [0.29, 0.717) is 5.92 Å². The minimum absolute atomic E-state index is 0.671. The van der Waals surface area contributed by atoms with E-state index in [-0.39, 0.29) is 0 Å². The Morgan fingerprint density at radius 3 is 2.74 bits per heavy atom. The van der Waals surface area contributed by atoms with E-state index in [2.05, 4.69) is 41.3 Å². The maximum absolute atomic E-state index is 4.61. The number of hydrogen-bond acceptors (Lipinski definition) is 4. The zero-order valence-corrected chi connectivity index (χ0v) is 12.3. The monoisotopic (exact) mass is 273 g/mol. The number of thiazole rings is 1. The highest BCUT2D eigenvalue weighted by Gasteiger charge is 2.16. The van der Waals surface area contributed by atoms with Crippen molar-refractivity contribution in [3.63, 3.8) is 0 Å². The Labute approximate surface area is 118 Å². The maximum Gasteiger partial charge on any atom is 0.142 e. The van der Waals surface area contributed by atoms with Crippen LogP contribution in [0, 0.1) is 13.8 Å². The molecule has 0 unspecified atom stereocenters. The van der Waals surface area contributed by atoms with E-state index in [4.69, 9.17) is 0 Å². The molecule has 0 saturated carbocycles. The van der Waals surface area contributed by atoms with Crippen LogP contribution < -0.4 is 5.32 Å². The van der Waals surface area contributed by atoms with Crippen molar-refractivity contribution in [3.05, 3.63) is 34.5 Å². The second-order valence-electron chi connectivity index (χ2n) is 5.16. The Morgan fingerprint density at radius 2 is 2.05 bits per heavy atom. The summed E-state index contributed by atoms with van der Waals surface area (Å²) in [6.45, 7) is 6.43. The standard InChI is InChI=1S/C15H19N3S/c1-10-11(2)19-15(18-10)14-9-13(5-8-17-14)12-3-6-16-7-4-12/h5,8-9,12,16H,3-4,6-7H2,1-2H3. The van der Waals surface area contributed by atoms with E-state index < -0.39 is 0 Å². The van der Waals surface area contributed by atoms with Crippen molar-refractivity contribution in [3.8, 4) is 10.7 Å². The summed E-state index contributed by atoms with van der Waals surface area (Å²) in [5.74, 6) is 0.671. The summed E-state index contributed by atoms with van der Waals surface area (Å²) >= 11 is 1.74. The Bertz CT molecular complexity index is 551. The van der Waals surface area contributed by atoms with Crippen LogP contribution in [0.15, 0.2) is 18.3 Å². The molecular weight excluding hydrogens is 254 g/mol. The number of aromatic nitrogens is 2. The van der Waals surface area contributed by atoms with E-state index in [0.717, 1.165) is 29.5 Å². The summed E-state index contributed by atoms with van der Waals surface area (Å²) in [6.07, 6.45) is 4.37. The van der Waals surface area contributed by atoms with Crippen molar-refractivity contribution in [2.24, 2.45) is 0 Å². The van der Waals surface area contributed by atoms with E-state index in [9.17, 15) is 0 Å². The van der Waals surface area contributed by atoms with E-state index in [1.54, 1.807) is 11.3 Å². The van der Waals surface area contributed by atoms with E-state index >= 15 is 0 Å². The van der Waals surface area contributed by atoms with Crippen LogP contribution in [-0.4, -0.2) is 23.1 Å². The zero-order chi connectivity index (χ0) is 13.2. The first-order chi connectivity index (χ1) is 9.24. The predicted octanol–water partition coefficient (Wildman–Crippen LogP) is 3.29. The fourth-order valence-corrected chi connectivity index (χ4v) is 3.44. The van der Waals surface area contributed by atoms with Crippen LogP contribution in [0.5, 0.6) is 0 Å². The number of piperidine rings is 1. The fourth-order valence-electron chi connectivity index (χ4n) is 2.56. The van der Waals surface area contributed by atoms with Gasteiger partial charge in [0, 0.05) is 11.1 Å². The zero-order valence-electron chi connectivity index (χ0n) is 11.4. The van der Waals surface area contributed by atoms with Gasteiger partial charge in [0.25, 0.3) is 0 Å². The van der Waals surface area contributed by atoms with Crippen LogP contribution in [-0.2, 0) is 0 Å². The molecule has 1 aliphatic rings. The van der Waals surface area contributed by atoms with Gasteiger partial charge in [0.2, 0.25) is 0 Å². The summed E-state index contributed by atoms with van der Waals surface area (Å²) in [4.78, 5) is 10.4. The molecule has 3 heterocycles. The molecule has 0 aromatic carbocycles. The van der Waals surface area contributed by atoms with Crippen LogP contribution in [0.2, 0.25) is 0 Å². The third-order valence-corrected chi connectivity index (χ3v) is 4.94. The van der Waals surface area contributed by atoms with E-state index in [1.807, 2.05) is 6.20 Å². The Balaban J connectivity index is 1.90. The molecule has 1 aliphatic heterocycles. The normalized spacial score (nSPS) is 16.7. The van der Waals surface area contributed by atoms with Gasteiger partial charge in [0.15, 0.2) is 0 Å². The molecule has 19 heavy (non-hydrogen) atoms. The van der Waals surface area contributed by atoms with Gasteiger partial charge in [-0.05, 0) is 63.4 Å². The number of pyridine rings is 1. The van der Waals surface area contributed by atoms with Crippen molar-refractivity contribution in [2.75, 3.05) is 13.1 Å². The lowest BCUT2D eigenvalue weighted by Gasteiger charge is -2.23. The smallest absolute Gasteiger partial charge is 0.142 e. The van der Waals surface area contributed by atoms with Crippen LogP contribution >= 0.6 is 11.3 Å². The lowest BCUT2D eigenvalue weighted by molar-refractivity contribution is 0.460. The largest absolute Gasteiger partial charge is 0.317 e. The van der Waals surface area contributed by atoms with Crippen molar-refractivity contribution < 1.29 is 0 Å². The summed E-state index contributed by atoms with van der Waals surface area (Å²) in [7, 11) is 0. The molecule has 1 N–H and O–H groups in total. The van der Waals surface area contributed by atoms with Gasteiger partial charge in [-0.1, -0.05) is 0 Å². The lowest BCUT2D eigenvalue weighted by Crippen LogP contribution is -2.26. The van der Waals surface area contributed by atoms with Gasteiger partial charge in [-0.2, -0.15) is 0 Å². The van der Waals surface area contributed by atoms with E-state index in [1.165, 1.54) is 23.3 Å². The molecule has 0 aliphatic carbocycles. The SMILES string of the molecule is Cc1nc(-c2cc(C3CCNCC3)ccn2)sc1C. The number of hydrogen-bond donors (Lipinski definition) is 1. The van der Waals surface area contributed by atoms with Crippen molar-refractivity contribution in [1.82, 2.24) is 15.3 Å². The molecule has 2 aromatic rings.